The van der Waals surface area contributed by atoms with E-state index < -0.39 is 22.0 Å². The molecule has 150 valence electrons. The van der Waals surface area contributed by atoms with Crippen LogP contribution in [0.4, 0.5) is 0 Å². The topological polar surface area (TPSA) is 101 Å². The molecule has 0 unspecified atom stereocenters. The molecule has 0 radical (unpaired) electrons. The molecule has 0 saturated carbocycles. The molecular weight excluding hydrogens is 370 g/mol. The van der Waals surface area contributed by atoms with Crippen LogP contribution in [-0.2, 0) is 23.9 Å². The molecule has 27 heavy (non-hydrogen) atoms. The molecule has 1 aromatic rings. The quantitative estimate of drug-likeness (QED) is 0.676. The summed E-state index contributed by atoms with van der Waals surface area (Å²) in [7, 11) is -3.74. The van der Waals surface area contributed by atoms with Crippen molar-refractivity contribution >= 4 is 22.0 Å². The van der Waals surface area contributed by atoms with Crippen molar-refractivity contribution in [3.05, 3.63) is 29.8 Å². The van der Waals surface area contributed by atoms with Gasteiger partial charge >= 0.3 is 5.97 Å². The van der Waals surface area contributed by atoms with Gasteiger partial charge in [-0.2, -0.15) is 8.42 Å². The van der Waals surface area contributed by atoms with Crippen LogP contribution in [0, 0.1) is 18.8 Å². The fraction of sp³-hybridized carbons (Fsp3) is 0.579. The molecule has 1 amide bonds. The summed E-state index contributed by atoms with van der Waals surface area (Å²) < 4.78 is 29.5. The van der Waals surface area contributed by atoms with E-state index in [9.17, 15) is 18.0 Å². The number of likely N-dealkylation sites (tertiary alicyclic amines) is 1. The van der Waals surface area contributed by atoms with E-state index in [2.05, 4.69) is 0 Å². The number of piperidine rings is 1. The smallest absolute Gasteiger partial charge is 0.304 e. The molecule has 0 aromatic heterocycles. The zero-order chi connectivity index (χ0) is 20.0. The molecule has 0 spiro atoms. The number of benzene rings is 1. The summed E-state index contributed by atoms with van der Waals surface area (Å²) in [5.74, 6) is -1.34. The molecule has 2 rings (SSSR count). The molecule has 1 atom stereocenters. The van der Waals surface area contributed by atoms with Crippen LogP contribution in [0.1, 0.15) is 38.2 Å². The second-order valence-electron chi connectivity index (χ2n) is 7.15. The van der Waals surface area contributed by atoms with Crippen molar-refractivity contribution < 1.29 is 27.3 Å². The van der Waals surface area contributed by atoms with Crippen LogP contribution in [0.5, 0.6) is 0 Å². The third kappa shape index (κ3) is 6.32. The van der Waals surface area contributed by atoms with Gasteiger partial charge in [0.1, 0.15) is 0 Å². The van der Waals surface area contributed by atoms with Gasteiger partial charge in [0.05, 0.1) is 17.9 Å². The number of aliphatic carboxylic acids is 1. The zero-order valence-electron chi connectivity index (χ0n) is 15.8. The van der Waals surface area contributed by atoms with Crippen LogP contribution in [-0.4, -0.2) is 50.0 Å². The first kappa shape index (κ1) is 21.4. The minimum absolute atomic E-state index is 0.115. The van der Waals surface area contributed by atoms with Crippen LogP contribution >= 0.6 is 0 Å². The minimum atomic E-state index is -3.74. The van der Waals surface area contributed by atoms with Gasteiger partial charge in [-0.3, -0.25) is 13.8 Å². The van der Waals surface area contributed by atoms with E-state index >= 15 is 0 Å². The van der Waals surface area contributed by atoms with Crippen LogP contribution in [0.25, 0.3) is 0 Å². The fourth-order valence-corrected chi connectivity index (χ4v) is 4.12. The zero-order valence-corrected chi connectivity index (χ0v) is 16.6. The van der Waals surface area contributed by atoms with Gasteiger partial charge in [0.2, 0.25) is 5.91 Å². The van der Waals surface area contributed by atoms with Crippen molar-refractivity contribution in [2.75, 3.05) is 19.7 Å². The molecule has 1 saturated heterocycles. The van der Waals surface area contributed by atoms with Crippen molar-refractivity contribution in [3.8, 4) is 0 Å². The molecule has 1 aromatic carbocycles. The Morgan fingerprint density at radius 1 is 1.22 bits per heavy atom. The highest BCUT2D eigenvalue weighted by Gasteiger charge is 2.27. The van der Waals surface area contributed by atoms with Crippen LogP contribution in [0.15, 0.2) is 29.2 Å². The van der Waals surface area contributed by atoms with Crippen molar-refractivity contribution in [2.24, 2.45) is 11.8 Å². The predicted molar refractivity (Wildman–Crippen MR) is 99.7 cm³/mol. The number of rotatable bonds is 8. The van der Waals surface area contributed by atoms with Crippen molar-refractivity contribution in [1.29, 1.82) is 0 Å². The number of nitrogens with zero attached hydrogens (tertiary/aromatic N) is 1. The molecule has 0 aliphatic carbocycles. The SMILES string of the molecule is Cc1ccc(S(=O)(=O)OCCC2CCN(C(=O)[C@@H](C)CC(=O)O)CC2)cc1. The average molecular weight is 397 g/mol. The number of carboxylic acid groups (broad SMARTS) is 1. The molecular formula is C19H27NO6S. The Morgan fingerprint density at radius 2 is 1.81 bits per heavy atom. The molecule has 1 fully saturated rings. The van der Waals surface area contributed by atoms with Gasteiger partial charge in [-0.1, -0.05) is 24.6 Å². The Kier molecular flexibility index (Phi) is 7.38. The molecule has 1 N–H and O–H groups in total. The first-order valence-electron chi connectivity index (χ1n) is 9.15. The number of hydrogen-bond donors (Lipinski definition) is 1. The summed E-state index contributed by atoms with van der Waals surface area (Å²) in [6.45, 7) is 4.77. The largest absolute Gasteiger partial charge is 0.481 e. The molecule has 1 heterocycles. The van der Waals surface area contributed by atoms with Gasteiger partial charge in [-0.05, 0) is 44.2 Å². The van der Waals surface area contributed by atoms with E-state index in [4.69, 9.17) is 9.29 Å². The summed E-state index contributed by atoms with van der Waals surface area (Å²) in [5, 5.41) is 8.80. The molecule has 1 aliphatic rings. The van der Waals surface area contributed by atoms with Gasteiger partial charge < -0.3 is 10.0 Å². The van der Waals surface area contributed by atoms with E-state index in [0.29, 0.717) is 19.5 Å². The standard InChI is InChI=1S/C19H27NO6S/c1-14-3-5-17(6-4-14)27(24,25)26-12-9-16-7-10-20(11-8-16)19(23)15(2)13-18(21)22/h3-6,15-16H,7-13H2,1-2H3,(H,21,22)/t15-/m0/s1. The van der Waals surface area contributed by atoms with E-state index in [-0.39, 0.29) is 29.7 Å². The highest BCUT2D eigenvalue weighted by atomic mass is 32.2. The summed E-state index contributed by atoms with van der Waals surface area (Å²) in [5.41, 5.74) is 0.980. The molecule has 1 aliphatic heterocycles. The number of carbonyl (C=O) groups excluding carboxylic acids is 1. The van der Waals surface area contributed by atoms with Crippen LogP contribution < -0.4 is 0 Å². The monoisotopic (exact) mass is 397 g/mol. The summed E-state index contributed by atoms with van der Waals surface area (Å²) in [6.07, 6.45) is 1.97. The normalized spacial score (nSPS) is 16.9. The summed E-state index contributed by atoms with van der Waals surface area (Å²) in [4.78, 5) is 24.8. The molecule has 8 heteroatoms. The third-order valence-electron chi connectivity index (χ3n) is 4.90. The first-order chi connectivity index (χ1) is 12.7. The Hall–Kier alpha value is -1.93. The Labute approximate surface area is 160 Å². The number of amides is 1. The van der Waals surface area contributed by atoms with Gasteiger partial charge in [-0.25, -0.2) is 0 Å². The highest BCUT2D eigenvalue weighted by molar-refractivity contribution is 7.86. The molecule has 0 bridgehead atoms. The number of carbonyl (C=O) groups is 2. The summed E-state index contributed by atoms with van der Waals surface area (Å²) in [6, 6.07) is 6.53. The second-order valence-corrected chi connectivity index (χ2v) is 8.76. The van der Waals surface area contributed by atoms with E-state index in [1.165, 1.54) is 12.1 Å². The maximum absolute atomic E-state index is 12.2. The van der Waals surface area contributed by atoms with Gasteiger partial charge in [0.15, 0.2) is 0 Å². The van der Waals surface area contributed by atoms with E-state index in [0.717, 1.165) is 18.4 Å². The van der Waals surface area contributed by atoms with Crippen LogP contribution in [0.2, 0.25) is 0 Å². The lowest BCUT2D eigenvalue weighted by atomic mass is 9.93. The van der Waals surface area contributed by atoms with E-state index in [1.54, 1.807) is 24.0 Å². The Bertz CT molecular complexity index is 751. The number of aryl methyl sites for hydroxylation is 1. The van der Waals surface area contributed by atoms with E-state index in [1.807, 2.05) is 6.92 Å². The van der Waals surface area contributed by atoms with Gasteiger partial charge in [0.25, 0.3) is 10.1 Å². The summed E-state index contributed by atoms with van der Waals surface area (Å²) >= 11 is 0. The van der Waals surface area contributed by atoms with Gasteiger partial charge in [-0.15, -0.1) is 0 Å². The van der Waals surface area contributed by atoms with Crippen molar-refractivity contribution in [3.63, 3.8) is 0 Å². The van der Waals surface area contributed by atoms with Crippen LogP contribution in [0.3, 0.4) is 0 Å². The minimum Gasteiger partial charge on any atom is -0.481 e. The maximum Gasteiger partial charge on any atom is 0.304 e. The van der Waals surface area contributed by atoms with Crippen molar-refractivity contribution in [2.45, 2.75) is 44.4 Å². The highest BCUT2D eigenvalue weighted by Crippen LogP contribution is 2.23. The Balaban J connectivity index is 1.75. The average Bonchev–Trinajstić information content (AvgIpc) is 2.61. The lowest BCUT2D eigenvalue weighted by molar-refractivity contribution is -0.144. The first-order valence-corrected chi connectivity index (χ1v) is 10.6. The number of carboxylic acids is 1. The Morgan fingerprint density at radius 3 is 2.37 bits per heavy atom. The lowest BCUT2D eigenvalue weighted by Gasteiger charge is -2.33. The van der Waals surface area contributed by atoms with Gasteiger partial charge in [0, 0.05) is 19.0 Å². The fourth-order valence-electron chi connectivity index (χ4n) is 3.20. The third-order valence-corrected chi connectivity index (χ3v) is 6.23. The van der Waals surface area contributed by atoms with Crippen molar-refractivity contribution in [1.82, 2.24) is 4.90 Å². The lowest BCUT2D eigenvalue weighted by Crippen LogP contribution is -2.41. The molecule has 7 nitrogen and oxygen atoms in total. The number of hydrogen-bond acceptors (Lipinski definition) is 5. The maximum atomic E-state index is 12.2. The predicted octanol–water partition coefficient (Wildman–Crippen LogP) is 2.44. The second kappa shape index (κ2) is 9.32.